The molecule has 1 heterocycles. The van der Waals surface area contributed by atoms with Crippen molar-refractivity contribution < 1.29 is 4.74 Å². The lowest BCUT2D eigenvalue weighted by atomic mass is 10.2. The van der Waals surface area contributed by atoms with Crippen molar-refractivity contribution >= 4 is 22.5 Å². The number of nitrogens with zero attached hydrogens (tertiary/aromatic N) is 1. The molecular formula is C19H20ClNO. The summed E-state index contributed by atoms with van der Waals surface area (Å²) in [5, 5.41) is 1.96. The number of benzene rings is 2. The third-order valence-electron chi connectivity index (χ3n) is 3.82. The Morgan fingerprint density at radius 1 is 1.14 bits per heavy atom. The molecule has 0 N–H and O–H groups in total. The van der Waals surface area contributed by atoms with E-state index in [1.54, 1.807) is 0 Å². The first kappa shape index (κ1) is 15.0. The van der Waals surface area contributed by atoms with Gasteiger partial charge in [0.05, 0.1) is 5.52 Å². The van der Waals surface area contributed by atoms with E-state index >= 15 is 0 Å². The fourth-order valence-electron chi connectivity index (χ4n) is 2.71. The molecule has 0 bridgehead atoms. The maximum Gasteiger partial charge on any atom is 0.120 e. The second-order valence-corrected chi connectivity index (χ2v) is 6.36. The first-order valence-electron chi connectivity index (χ1n) is 7.53. The molecule has 3 aromatic rings. The van der Waals surface area contributed by atoms with Gasteiger partial charge in [-0.25, -0.2) is 0 Å². The van der Waals surface area contributed by atoms with Crippen molar-refractivity contribution in [2.45, 2.75) is 33.4 Å². The molecule has 0 atom stereocenters. The van der Waals surface area contributed by atoms with Crippen molar-refractivity contribution in [3.63, 3.8) is 0 Å². The molecule has 0 amide bonds. The molecular weight excluding hydrogens is 294 g/mol. The van der Waals surface area contributed by atoms with Crippen LogP contribution in [0.4, 0.5) is 0 Å². The van der Waals surface area contributed by atoms with Gasteiger partial charge in [-0.15, -0.1) is 0 Å². The van der Waals surface area contributed by atoms with Crippen LogP contribution in [0.1, 0.15) is 31.0 Å². The average Bonchev–Trinajstić information content (AvgIpc) is 2.83. The van der Waals surface area contributed by atoms with Crippen LogP contribution < -0.4 is 4.74 Å². The van der Waals surface area contributed by atoms with E-state index in [0.717, 1.165) is 16.3 Å². The van der Waals surface area contributed by atoms with E-state index < -0.39 is 0 Å². The van der Waals surface area contributed by atoms with Crippen molar-refractivity contribution in [1.82, 2.24) is 4.57 Å². The fourth-order valence-corrected chi connectivity index (χ4v) is 2.87. The van der Waals surface area contributed by atoms with Gasteiger partial charge in [0.15, 0.2) is 0 Å². The SMILES string of the molecule is Cc1cccc(OCc2cn(C(C)C)c3cc(Cl)ccc23)c1. The predicted molar refractivity (Wildman–Crippen MR) is 92.8 cm³/mol. The molecule has 0 radical (unpaired) electrons. The first-order chi connectivity index (χ1) is 10.5. The Hall–Kier alpha value is -1.93. The van der Waals surface area contributed by atoms with Crippen molar-refractivity contribution in [2.24, 2.45) is 0 Å². The van der Waals surface area contributed by atoms with Gasteiger partial charge in [-0.1, -0.05) is 29.8 Å². The monoisotopic (exact) mass is 313 g/mol. The summed E-state index contributed by atoms with van der Waals surface area (Å²) in [6.07, 6.45) is 2.17. The van der Waals surface area contributed by atoms with Gasteiger partial charge in [0.25, 0.3) is 0 Å². The summed E-state index contributed by atoms with van der Waals surface area (Å²) in [6.45, 7) is 6.97. The second-order valence-electron chi connectivity index (χ2n) is 5.92. The number of aromatic nitrogens is 1. The summed E-state index contributed by atoms with van der Waals surface area (Å²) in [5.41, 5.74) is 3.54. The smallest absolute Gasteiger partial charge is 0.120 e. The second kappa shape index (κ2) is 6.05. The summed E-state index contributed by atoms with van der Waals surface area (Å²) in [5.74, 6) is 0.902. The van der Waals surface area contributed by atoms with Gasteiger partial charge in [-0.3, -0.25) is 0 Å². The zero-order valence-electron chi connectivity index (χ0n) is 13.1. The van der Waals surface area contributed by atoms with Gasteiger partial charge >= 0.3 is 0 Å². The molecule has 3 heteroatoms. The number of fused-ring (bicyclic) bond motifs is 1. The van der Waals surface area contributed by atoms with Crippen molar-refractivity contribution in [3.05, 3.63) is 64.8 Å². The Morgan fingerprint density at radius 3 is 2.68 bits per heavy atom. The molecule has 22 heavy (non-hydrogen) atoms. The van der Waals surface area contributed by atoms with Crippen LogP contribution in [-0.4, -0.2) is 4.57 Å². The number of hydrogen-bond donors (Lipinski definition) is 0. The molecule has 0 saturated heterocycles. The van der Waals surface area contributed by atoms with Crippen molar-refractivity contribution in [3.8, 4) is 5.75 Å². The molecule has 3 rings (SSSR count). The van der Waals surface area contributed by atoms with Crippen molar-refractivity contribution in [1.29, 1.82) is 0 Å². The molecule has 2 aromatic carbocycles. The van der Waals surface area contributed by atoms with Gasteiger partial charge in [0, 0.05) is 28.2 Å². The Balaban J connectivity index is 1.93. The zero-order valence-corrected chi connectivity index (χ0v) is 13.9. The Kier molecular flexibility index (Phi) is 4.12. The first-order valence-corrected chi connectivity index (χ1v) is 7.91. The molecule has 1 aromatic heterocycles. The Bertz CT molecular complexity index is 804. The predicted octanol–water partition coefficient (Wildman–Crippen LogP) is 5.76. The van der Waals surface area contributed by atoms with Crippen LogP contribution in [0.5, 0.6) is 5.75 Å². The largest absolute Gasteiger partial charge is 0.489 e. The molecule has 114 valence electrons. The Labute approximate surface area is 136 Å². The van der Waals surface area contributed by atoms with Gasteiger partial charge in [-0.05, 0) is 50.6 Å². The highest BCUT2D eigenvalue weighted by atomic mass is 35.5. The topological polar surface area (TPSA) is 14.2 Å². The van der Waals surface area contributed by atoms with E-state index in [0.29, 0.717) is 12.6 Å². The minimum Gasteiger partial charge on any atom is -0.489 e. The van der Waals surface area contributed by atoms with E-state index in [-0.39, 0.29) is 0 Å². The van der Waals surface area contributed by atoms with E-state index in [9.17, 15) is 0 Å². The summed E-state index contributed by atoms with van der Waals surface area (Å²) in [6, 6.07) is 14.5. The number of rotatable bonds is 4. The van der Waals surface area contributed by atoms with Crippen LogP contribution in [0.15, 0.2) is 48.7 Å². The van der Waals surface area contributed by atoms with Gasteiger partial charge < -0.3 is 9.30 Å². The van der Waals surface area contributed by atoms with Crippen LogP contribution in [0.3, 0.4) is 0 Å². The van der Waals surface area contributed by atoms with E-state index in [4.69, 9.17) is 16.3 Å². The number of hydrogen-bond acceptors (Lipinski definition) is 1. The van der Waals surface area contributed by atoms with Crippen molar-refractivity contribution in [2.75, 3.05) is 0 Å². The molecule has 0 fully saturated rings. The van der Waals surface area contributed by atoms with Crippen LogP contribution in [-0.2, 0) is 6.61 Å². The third kappa shape index (κ3) is 2.97. The molecule has 0 spiro atoms. The van der Waals surface area contributed by atoms with Crippen LogP contribution in [0.25, 0.3) is 10.9 Å². The zero-order chi connectivity index (χ0) is 15.7. The van der Waals surface area contributed by atoms with Gasteiger partial charge in [0.2, 0.25) is 0 Å². The standard InChI is InChI=1S/C19H20ClNO/c1-13(2)21-11-15(18-8-7-16(20)10-19(18)21)12-22-17-6-4-5-14(3)9-17/h4-11,13H,12H2,1-3H3. The van der Waals surface area contributed by atoms with Gasteiger partial charge in [0.1, 0.15) is 12.4 Å². The quantitative estimate of drug-likeness (QED) is 0.597. The lowest BCUT2D eigenvalue weighted by molar-refractivity contribution is 0.307. The van der Waals surface area contributed by atoms with Crippen LogP contribution in [0, 0.1) is 6.92 Å². The maximum atomic E-state index is 6.15. The molecule has 0 unspecified atom stereocenters. The van der Waals surface area contributed by atoms with Gasteiger partial charge in [-0.2, -0.15) is 0 Å². The highest BCUT2D eigenvalue weighted by Crippen LogP contribution is 2.28. The molecule has 0 aliphatic carbocycles. The summed E-state index contributed by atoms with van der Waals surface area (Å²) < 4.78 is 8.20. The number of ether oxygens (including phenoxy) is 1. The molecule has 0 aliphatic heterocycles. The van der Waals surface area contributed by atoms with Crippen LogP contribution >= 0.6 is 11.6 Å². The Morgan fingerprint density at radius 2 is 1.95 bits per heavy atom. The van der Waals surface area contributed by atoms with Crippen LogP contribution in [0.2, 0.25) is 5.02 Å². The van der Waals surface area contributed by atoms with E-state index in [1.165, 1.54) is 16.5 Å². The van der Waals surface area contributed by atoms with E-state index in [2.05, 4.69) is 49.7 Å². The normalized spacial score (nSPS) is 11.3. The van der Waals surface area contributed by atoms with E-state index in [1.807, 2.05) is 24.3 Å². The molecule has 0 saturated carbocycles. The summed E-state index contributed by atoms with van der Waals surface area (Å²) in [7, 11) is 0. The highest BCUT2D eigenvalue weighted by Gasteiger charge is 2.11. The maximum absolute atomic E-state index is 6.15. The number of halogens is 1. The number of aryl methyl sites for hydroxylation is 1. The highest BCUT2D eigenvalue weighted by molar-refractivity contribution is 6.31. The summed E-state index contributed by atoms with van der Waals surface area (Å²) in [4.78, 5) is 0. The fraction of sp³-hybridized carbons (Fsp3) is 0.263. The average molecular weight is 314 g/mol. The summed E-state index contributed by atoms with van der Waals surface area (Å²) >= 11 is 6.15. The lowest BCUT2D eigenvalue weighted by Crippen LogP contribution is -1.98. The molecule has 0 aliphatic rings. The third-order valence-corrected chi connectivity index (χ3v) is 4.05. The minimum atomic E-state index is 0.383. The minimum absolute atomic E-state index is 0.383. The lowest BCUT2D eigenvalue weighted by Gasteiger charge is -2.08. The molecule has 2 nitrogen and oxygen atoms in total.